The van der Waals surface area contributed by atoms with Crippen LogP contribution in [0.5, 0.6) is 0 Å². The number of hydrogen-bond donors (Lipinski definition) is 0. The number of anilines is 2. The van der Waals surface area contributed by atoms with Crippen molar-refractivity contribution in [2.45, 2.75) is 39.0 Å². The molecule has 0 amide bonds. The van der Waals surface area contributed by atoms with Crippen molar-refractivity contribution in [3.8, 4) is 0 Å². The molecule has 2 nitrogen and oxygen atoms in total. The molecule has 0 fully saturated rings. The molecule has 0 bridgehead atoms. The number of rotatable bonds is 3. The number of benzene rings is 1. The Balaban J connectivity index is 2.51. The van der Waals surface area contributed by atoms with E-state index in [1.54, 1.807) is 0 Å². The molecular weight excluding hydrogens is 280 g/mol. The van der Waals surface area contributed by atoms with Crippen LogP contribution in [0.2, 0.25) is 0 Å². The van der Waals surface area contributed by atoms with Gasteiger partial charge in [-0.25, -0.2) is 4.98 Å². The summed E-state index contributed by atoms with van der Waals surface area (Å²) in [7, 11) is 2.05. The van der Waals surface area contributed by atoms with Gasteiger partial charge in [0.2, 0.25) is 0 Å². The Kier molecular flexibility index (Phi) is 4.58. The first-order valence-corrected chi connectivity index (χ1v) is 7.73. The summed E-state index contributed by atoms with van der Waals surface area (Å²) >= 11 is 6.06. The van der Waals surface area contributed by atoms with Gasteiger partial charge in [0.05, 0.1) is 0 Å². The van der Waals surface area contributed by atoms with Gasteiger partial charge in [0, 0.05) is 29.7 Å². The lowest BCUT2D eigenvalue weighted by Crippen LogP contribution is -2.18. The maximum atomic E-state index is 6.06. The Morgan fingerprint density at radius 2 is 1.81 bits per heavy atom. The van der Waals surface area contributed by atoms with E-state index in [2.05, 4.69) is 76.0 Å². The smallest absolute Gasteiger partial charge is 0.133 e. The van der Waals surface area contributed by atoms with Crippen LogP contribution < -0.4 is 4.90 Å². The lowest BCUT2D eigenvalue weighted by Gasteiger charge is -2.25. The second-order valence-corrected chi connectivity index (χ2v) is 6.72. The monoisotopic (exact) mass is 302 g/mol. The van der Waals surface area contributed by atoms with Crippen molar-refractivity contribution in [1.82, 2.24) is 4.98 Å². The zero-order chi connectivity index (χ0) is 15.6. The quantitative estimate of drug-likeness (QED) is 0.725. The Labute approximate surface area is 132 Å². The average Bonchev–Trinajstić information content (AvgIpc) is 2.45. The summed E-state index contributed by atoms with van der Waals surface area (Å²) in [5.74, 6) is 1.44. The second kappa shape index (κ2) is 6.07. The highest BCUT2D eigenvalue weighted by atomic mass is 35.5. The predicted octanol–water partition coefficient (Wildman–Crippen LogP) is 5.19. The van der Waals surface area contributed by atoms with Crippen LogP contribution in [0.4, 0.5) is 11.5 Å². The van der Waals surface area contributed by atoms with Crippen molar-refractivity contribution in [2.75, 3.05) is 11.9 Å². The van der Waals surface area contributed by atoms with E-state index in [-0.39, 0.29) is 5.41 Å². The molecule has 0 aliphatic heterocycles. The molecule has 1 heterocycles. The van der Waals surface area contributed by atoms with Crippen molar-refractivity contribution in [1.29, 1.82) is 0 Å². The van der Waals surface area contributed by atoms with Crippen LogP contribution in [0.3, 0.4) is 0 Å². The van der Waals surface area contributed by atoms with Crippen molar-refractivity contribution in [2.24, 2.45) is 0 Å². The van der Waals surface area contributed by atoms with Crippen molar-refractivity contribution >= 4 is 23.1 Å². The Morgan fingerprint density at radius 1 is 1.14 bits per heavy atom. The summed E-state index contributed by atoms with van der Waals surface area (Å²) in [5, 5.41) is 0. The van der Waals surface area contributed by atoms with Gasteiger partial charge in [-0.05, 0) is 36.2 Å². The minimum Gasteiger partial charge on any atom is -0.329 e. The lowest BCUT2D eigenvalue weighted by atomic mass is 9.91. The van der Waals surface area contributed by atoms with Gasteiger partial charge in [-0.15, -0.1) is 11.6 Å². The minimum atomic E-state index is 0.00336. The fourth-order valence-electron chi connectivity index (χ4n) is 2.27. The summed E-state index contributed by atoms with van der Waals surface area (Å²) in [4.78, 5) is 6.96. The molecule has 1 aromatic carbocycles. The molecule has 0 saturated carbocycles. The number of aromatic nitrogens is 1. The van der Waals surface area contributed by atoms with Crippen LogP contribution in [0.1, 0.15) is 37.6 Å². The van der Waals surface area contributed by atoms with Crippen LogP contribution in [0.25, 0.3) is 0 Å². The highest BCUT2D eigenvalue weighted by Crippen LogP contribution is 2.29. The zero-order valence-electron chi connectivity index (χ0n) is 13.4. The van der Waals surface area contributed by atoms with E-state index in [1.807, 2.05) is 0 Å². The molecule has 0 aliphatic rings. The van der Waals surface area contributed by atoms with Gasteiger partial charge in [-0.3, -0.25) is 0 Å². The number of halogens is 1. The molecule has 112 valence electrons. The molecule has 0 N–H and O–H groups in total. The van der Waals surface area contributed by atoms with Crippen LogP contribution in [0, 0.1) is 6.92 Å². The molecular formula is C18H23ClN2. The van der Waals surface area contributed by atoms with Gasteiger partial charge >= 0.3 is 0 Å². The lowest BCUT2D eigenvalue weighted by molar-refractivity contribution is 0.568. The van der Waals surface area contributed by atoms with Crippen molar-refractivity contribution in [3.63, 3.8) is 0 Å². The van der Waals surface area contributed by atoms with E-state index in [9.17, 15) is 0 Å². The topological polar surface area (TPSA) is 16.1 Å². The fourth-order valence-corrected chi connectivity index (χ4v) is 2.42. The number of nitrogens with zero attached hydrogens (tertiary/aromatic N) is 2. The maximum Gasteiger partial charge on any atom is 0.133 e. The predicted molar refractivity (Wildman–Crippen MR) is 91.7 cm³/mol. The van der Waals surface area contributed by atoms with E-state index in [0.717, 1.165) is 22.8 Å². The molecule has 0 radical (unpaired) electrons. The van der Waals surface area contributed by atoms with E-state index in [0.29, 0.717) is 5.88 Å². The van der Waals surface area contributed by atoms with Gasteiger partial charge in [-0.1, -0.05) is 39.0 Å². The largest absolute Gasteiger partial charge is 0.329 e. The van der Waals surface area contributed by atoms with Gasteiger partial charge in [0.15, 0.2) is 0 Å². The first-order valence-electron chi connectivity index (χ1n) is 7.19. The molecule has 1 aromatic heterocycles. The van der Waals surface area contributed by atoms with Gasteiger partial charge in [-0.2, -0.15) is 0 Å². The van der Waals surface area contributed by atoms with Gasteiger partial charge in [0.1, 0.15) is 5.82 Å². The van der Waals surface area contributed by atoms with E-state index in [4.69, 9.17) is 16.6 Å². The highest BCUT2D eigenvalue weighted by Gasteiger charge is 2.18. The van der Waals surface area contributed by atoms with E-state index >= 15 is 0 Å². The second-order valence-electron chi connectivity index (χ2n) is 6.45. The number of para-hydroxylation sites is 1. The van der Waals surface area contributed by atoms with E-state index in [1.165, 1.54) is 5.56 Å². The van der Waals surface area contributed by atoms with Crippen LogP contribution in [-0.2, 0) is 11.3 Å². The SMILES string of the molecule is Cc1ccccc1N(C)c1cc(CCl)cc(C(C)(C)C)n1. The molecule has 0 atom stereocenters. The summed E-state index contributed by atoms with van der Waals surface area (Å²) in [5.41, 5.74) is 4.57. The number of aryl methyl sites for hydroxylation is 1. The van der Waals surface area contributed by atoms with Crippen molar-refractivity contribution < 1.29 is 0 Å². The maximum absolute atomic E-state index is 6.06. The Hall–Kier alpha value is -1.54. The van der Waals surface area contributed by atoms with E-state index < -0.39 is 0 Å². The Morgan fingerprint density at radius 3 is 2.38 bits per heavy atom. The molecule has 0 saturated heterocycles. The fraction of sp³-hybridized carbons (Fsp3) is 0.389. The van der Waals surface area contributed by atoms with Crippen LogP contribution in [0.15, 0.2) is 36.4 Å². The standard InChI is InChI=1S/C18H23ClN2/c1-13-8-6-7-9-15(13)21(5)17-11-14(12-19)10-16(20-17)18(2,3)4/h6-11H,12H2,1-5H3. The molecule has 2 rings (SSSR count). The molecule has 21 heavy (non-hydrogen) atoms. The zero-order valence-corrected chi connectivity index (χ0v) is 14.2. The molecule has 0 unspecified atom stereocenters. The Bertz CT molecular complexity index is 629. The molecule has 0 spiro atoms. The highest BCUT2D eigenvalue weighted by molar-refractivity contribution is 6.17. The number of hydrogen-bond acceptors (Lipinski definition) is 2. The first-order chi connectivity index (χ1) is 9.82. The summed E-state index contributed by atoms with van der Waals surface area (Å²) in [6, 6.07) is 12.5. The third kappa shape index (κ3) is 3.56. The third-order valence-electron chi connectivity index (χ3n) is 3.61. The average molecular weight is 303 g/mol. The first kappa shape index (κ1) is 15.8. The molecule has 0 aliphatic carbocycles. The number of alkyl halides is 1. The normalized spacial score (nSPS) is 11.5. The summed E-state index contributed by atoms with van der Waals surface area (Å²) < 4.78 is 0. The number of pyridine rings is 1. The summed E-state index contributed by atoms with van der Waals surface area (Å²) in [6.45, 7) is 8.63. The van der Waals surface area contributed by atoms with Gasteiger partial charge < -0.3 is 4.90 Å². The van der Waals surface area contributed by atoms with Crippen LogP contribution in [-0.4, -0.2) is 12.0 Å². The third-order valence-corrected chi connectivity index (χ3v) is 3.92. The minimum absolute atomic E-state index is 0.00336. The van der Waals surface area contributed by atoms with Gasteiger partial charge in [0.25, 0.3) is 0 Å². The van der Waals surface area contributed by atoms with Crippen molar-refractivity contribution in [3.05, 3.63) is 53.2 Å². The molecule has 3 heteroatoms. The summed E-state index contributed by atoms with van der Waals surface area (Å²) in [6.07, 6.45) is 0. The van der Waals surface area contributed by atoms with Crippen LogP contribution >= 0.6 is 11.6 Å². The molecule has 2 aromatic rings.